The van der Waals surface area contributed by atoms with E-state index in [1.165, 1.54) is 0 Å². The van der Waals surface area contributed by atoms with Crippen LogP contribution in [-0.2, 0) is 5.41 Å². The number of aromatic nitrogens is 3. The molecule has 0 aliphatic heterocycles. The first-order valence-electron chi connectivity index (χ1n) is 4.84. The number of rotatable bonds is 0. The topological polar surface area (TPSA) is 58.6 Å². The van der Waals surface area contributed by atoms with Gasteiger partial charge in [-0.05, 0) is 12.1 Å². The zero-order chi connectivity index (χ0) is 11.1. The minimum atomic E-state index is -0.175. The van der Waals surface area contributed by atoms with Gasteiger partial charge in [-0.1, -0.05) is 20.8 Å². The van der Waals surface area contributed by atoms with E-state index in [0.717, 1.165) is 0 Å². The van der Waals surface area contributed by atoms with Gasteiger partial charge in [-0.15, -0.1) is 0 Å². The maximum absolute atomic E-state index is 11.7. The van der Waals surface area contributed by atoms with E-state index in [1.54, 1.807) is 18.3 Å². The molecular weight excluding hydrogens is 190 g/mol. The van der Waals surface area contributed by atoms with E-state index in [1.807, 2.05) is 20.8 Å². The minimum absolute atomic E-state index is 0.164. The molecule has 2 aromatic rings. The molecule has 1 N–H and O–H groups in total. The van der Waals surface area contributed by atoms with Crippen LogP contribution in [0.5, 0.6) is 0 Å². The first-order valence-corrected chi connectivity index (χ1v) is 4.84. The molecule has 15 heavy (non-hydrogen) atoms. The SMILES string of the molecule is CC(C)(C)c1nc2cccnc2c(=O)[nH]1. The van der Waals surface area contributed by atoms with Crippen LogP contribution in [0.3, 0.4) is 0 Å². The molecule has 0 aliphatic rings. The number of hydrogen-bond acceptors (Lipinski definition) is 3. The third kappa shape index (κ3) is 1.75. The lowest BCUT2D eigenvalue weighted by Crippen LogP contribution is -2.22. The second kappa shape index (κ2) is 3.15. The fraction of sp³-hybridized carbons (Fsp3) is 0.364. The Morgan fingerprint density at radius 2 is 2.07 bits per heavy atom. The Hall–Kier alpha value is -1.71. The number of aromatic amines is 1. The molecule has 2 rings (SSSR count). The average molecular weight is 203 g/mol. The zero-order valence-corrected chi connectivity index (χ0v) is 9.03. The highest BCUT2D eigenvalue weighted by Crippen LogP contribution is 2.17. The van der Waals surface area contributed by atoms with Crippen molar-refractivity contribution >= 4 is 11.0 Å². The number of pyridine rings is 1. The smallest absolute Gasteiger partial charge is 0.277 e. The highest BCUT2D eigenvalue weighted by atomic mass is 16.1. The average Bonchev–Trinajstić information content (AvgIpc) is 2.16. The largest absolute Gasteiger partial charge is 0.308 e. The van der Waals surface area contributed by atoms with E-state index in [4.69, 9.17) is 0 Å². The van der Waals surface area contributed by atoms with Gasteiger partial charge in [0.25, 0.3) is 5.56 Å². The van der Waals surface area contributed by atoms with Crippen molar-refractivity contribution in [1.82, 2.24) is 15.0 Å². The van der Waals surface area contributed by atoms with Crippen molar-refractivity contribution in [2.75, 3.05) is 0 Å². The zero-order valence-electron chi connectivity index (χ0n) is 9.03. The quantitative estimate of drug-likeness (QED) is 0.707. The predicted molar refractivity (Wildman–Crippen MR) is 58.9 cm³/mol. The molecule has 78 valence electrons. The summed E-state index contributed by atoms with van der Waals surface area (Å²) in [7, 11) is 0. The van der Waals surface area contributed by atoms with Crippen LogP contribution < -0.4 is 5.56 Å². The maximum atomic E-state index is 11.7. The molecule has 2 aromatic heterocycles. The van der Waals surface area contributed by atoms with Crippen LogP contribution >= 0.6 is 0 Å². The van der Waals surface area contributed by atoms with Crippen molar-refractivity contribution < 1.29 is 0 Å². The van der Waals surface area contributed by atoms with Gasteiger partial charge >= 0.3 is 0 Å². The summed E-state index contributed by atoms with van der Waals surface area (Å²) in [5.74, 6) is 0.688. The summed E-state index contributed by atoms with van der Waals surface area (Å²) in [6.07, 6.45) is 1.59. The fourth-order valence-electron chi connectivity index (χ4n) is 1.33. The van der Waals surface area contributed by atoms with Gasteiger partial charge in [-0.2, -0.15) is 0 Å². The summed E-state index contributed by atoms with van der Waals surface area (Å²) in [5.41, 5.74) is 0.700. The molecule has 0 saturated heterocycles. The molecule has 0 radical (unpaired) electrons. The Morgan fingerprint density at radius 1 is 1.33 bits per heavy atom. The number of nitrogens with zero attached hydrogens (tertiary/aromatic N) is 2. The standard InChI is InChI=1S/C11H13N3O/c1-11(2,3)10-13-7-5-4-6-12-8(7)9(15)14-10/h4-6H,1-3H3,(H,13,14,15). The Balaban J connectivity index is 2.79. The van der Waals surface area contributed by atoms with Gasteiger partial charge in [0.1, 0.15) is 5.82 Å². The van der Waals surface area contributed by atoms with Crippen molar-refractivity contribution in [3.63, 3.8) is 0 Å². The lowest BCUT2D eigenvalue weighted by atomic mass is 9.96. The molecule has 0 unspecified atom stereocenters. The van der Waals surface area contributed by atoms with Crippen molar-refractivity contribution in [3.05, 3.63) is 34.5 Å². The molecule has 0 bridgehead atoms. The first-order chi connectivity index (χ1) is 6.98. The van der Waals surface area contributed by atoms with E-state index < -0.39 is 0 Å². The molecule has 0 saturated carbocycles. The van der Waals surface area contributed by atoms with Gasteiger partial charge in [-0.3, -0.25) is 4.79 Å². The summed E-state index contributed by atoms with van der Waals surface area (Å²) in [6.45, 7) is 6.02. The predicted octanol–water partition coefficient (Wildman–Crippen LogP) is 1.62. The van der Waals surface area contributed by atoms with Crippen molar-refractivity contribution in [1.29, 1.82) is 0 Å². The van der Waals surface area contributed by atoms with Crippen LogP contribution in [0.25, 0.3) is 11.0 Å². The third-order valence-corrected chi connectivity index (χ3v) is 2.18. The number of hydrogen-bond donors (Lipinski definition) is 1. The summed E-state index contributed by atoms with van der Waals surface area (Å²) < 4.78 is 0. The van der Waals surface area contributed by atoms with Crippen LogP contribution in [-0.4, -0.2) is 15.0 Å². The Labute approximate surface area is 87.4 Å². The molecule has 4 nitrogen and oxygen atoms in total. The Kier molecular flexibility index (Phi) is 2.07. The fourth-order valence-corrected chi connectivity index (χ4v) is 1.33. The molecule has 2 heterocycles. The van der Waals surface area contributed by atoms with E-state index in [-0.39, 0.29) is 11.0 Å². The molecular formula is C11H13N3O. The van der Waals surface area contributed by atoms with Gasteiger partial charge in [0, 0.05) is 11.6 Å². The molecule has 4 heteroatoms. The van der Waals surface area contributed by atoms with Crippen LogP contribution in [0.1, 0.15) is 26.6 Å². The number of fused-ring (bicyclic) bond motifs is 1. The molecule has 0 fully saturated rings. The summed E-state index contributed by atoms with van der Waals surface area (Å²) >= 11 is 0. The monoisotopic (exact) mass is 203 g/mol. The molecule has 0 aromatic carbocycles. The first kappa shape index (κ1) is 9.83. The van der Waals surface area contributed by atoms with Gasteiger partial charge in [0.05, 0.1) is 5.52 Å². The van der Waals surface area contributed by atoms with E-state index in [2.05, 4.69) is 15.0 Å². The van der Waals surface area contributed by atoms with E-state index >= 15 is 0 Å². The van der Waals surface area contributed by atoms with E-state index in [9.17, 15) is 4.79 Å². The minimum Gasteiger partial charge on any atom is -0.308 e. The summed E-state index contributed by atoms with van der Waals surface area (Å²) in [5, 5.41) is 0. The van der Waals surface area contributed by atoms with E-state index in [0.29, 0.717) is 16.9 Å². The molecule has 0 aliphatic carbocycles. The van der Waals surface area contributed by atoms with Crippen LogP contribution in [0, 0.1) is 0 Å². The van der Waals surface area contributed by atoms with Gasteiger partial charge in [-0.25, -0.2) is 9.97 Å². The highest BCUT2D eigenvalue weighted by Gasteiger charge is 2.17. The van der Waals surface area contributed by atoms with Crippen molar-refractivity contribution in [2.45, 2.75) is 26.2 Å². The third-order valence-electron chi connectivity index (χ3n) is 2.18. The lowest BCUT2D eigenvalue weighted by Gasteiger charge is -2.16. The lowest BCUT2D eigenvalue weighted by molar-refractivity contribution is 0.546. The molecule has 0 atom stereocenters. The normalized spacial score (nSPS) is 11.9. The number of H-pyrrole nitrogens is 1. The summed E-state index contributed by atoms with van der Waals surface area (Å²) in [6, 6.07) is 3.58. The Bertz CT molecular complexity index is 551. The second-order valence-electron chi connectivity index (χ2n) is 4.54. The van der Waals surface area contributed by atoms with Gasteiger partial charge in [0.2, 0.25) is 0 Å². The van der Waals surface area contributed by atoms with Crippen LogP contribution in [0.2, 0.25) is 0 Å². The van der Waals surface area contributed by atoms with Crippen LogP contribution in [0.4, 0.5) is 0 Å². The van der Waals surface area contributed by atoms with Gasteiger partial charge < -0.3 is 4.98 Å². The van der Waals surface area contributed by atoms with Gasteiger partial charge in [0.15, 0.2) is 5.52 Å². The summed E-state index contributed by atoms with van der Waals surface area (Å²) in [4.78, 5) is 22.8. The second-order valence-corrected chi connectivity index (χ2v) is 4.54. The highest BCUT2D eigenvalue weighted by molar-refractivity contribution is 5.72. The van der Waals surface area contributed by atoms with Crippen LogP contribution in [0.15, 0.2) is 23.1 Å². The molecule has 0 spiro atoms. The maximum Gasteiger partial charge on any atom is 0.277 e. The molecule has 0 amide bonds. The Morgan fingerprint density at radius 3 is 2.73 bits per heavy atom. The van der Waals surface area contributed by atoms with Crippen molar-refractivity contribution in [3.8, 4) is 0 Å². The number of nitrogens with one attached hydrogen (secondary N) is 1. The van der Waals surface area contributed by atoms with Crippen molar-refractivity contribution in [2.24, 2.45) is 0 Å².